The number of azide groups is 2. The Morgan fingerprint density at radius 3 is 2.07 bits per heavy atom. The van der Waals surface area contributed by atoms with Crippen molar-refractivity contribution in [3.63, 3.8) is 0 Å². The molecular formula is C17H30N6O6. The normalized spacial score (nSPS) is 12.3. The van der Waals surface area contributed by atoms with Crippen LogP contribution in [-0.2, 0) is 28.5 Å². The van der Waals surface area contributed by atoms with Gasteiger partial charge in [0.15, 0.2) is 0 Å². The average Bonchev–Trinajstić information content (AvgIpc) is 2.61. The monoisotopic (exact) mass is 414 g/mol. The Bertz CT molecular complexity index is 620. The minimum Gasteiger partial charge on any atom is -0.463 e. The molecule has 0 spiro atoms. The summed E-state index contributed by atoms with van der Waals surface area (Å²) in [5.74, 6) is -1.24. The summed E-state index contributed by atoms with van der Waals surface area (Å²) < 4.78 is 20.8. The van der Waals surface area contributed by atoms with E-state index < -0.39 is 29.0 Å². The Morgan fingerprint density at radius 2 is 1.52 bits per heavy atom. The molecule has 12 nitrogen and oxygen atoms in total. The van der Waals surface area contributed by atoms with Gasteiger partial charge in [-0.1, -0.05) is 10.2 Å². The fourth-order valence-electron chi connectivity index (χ4n) is 2.03. The number of rotatable bonds is 14. The highest BCUT2D eigenvalue weighted by atomic mass is 16.6. The van der Waals surface area contributed by atoms with Crippen molar-refractivity contribution < 1.29 is 28.5 Å². The average molecular weight is 414 g/mol. The molecule has 0 aliphatic carbocycles. The maximum atomic E-state index is 12.3. The molecule has 0 N–H and O–H groups in total. The molecule has 29 heavy (non-hydrogen) atoms. The van der Waals surface area contributed by atoms with Crippen LogP contribution in [-0.4, -0.2) is 63.2 Å². The van der Waals surface area contributed by atoms with E-state index in [1.54, 1.807) is 34.6 Å². The van der Waals surface area contributed by atoms with E-state index in [2.05, 4.69) is 20.1 Å². The molecule has 0 rings (SSSR count). The van der Waals surface area contributed by atoms with Crippen LogP contribution in [0, 0.1) is 5.41 Å². The summed E-state index contributed by atoms with van der Waals surface area (Å²) in [5.41, 5.74) is 15.0. The molecule has 164 valence electrons. The van der Waals surface area contributed by atoms with Gasteiger partial charge in [0.2, 0.25) is 0 Å². The lowest BCUT2D eigenvalue weighted by Gasteiger charge is -2.27. The van der Waals surface area contributed by atoms with E-state index >= 15 is 0 Å². The van der Waals surface area contributed by atoms with Crippen molar-refractivity contribution in [1.82, 2.24) is 0 Å². The highest BCUT2D eigenvalue weighted by molar-refractivity contribution is 5.80. The Labute approximate surface area is 170 Å². The van der Waals surface area contributed by atoms with Crippen LogP contribution in [0.3, 0.4) is 0 Å². The van der Waals surface area contributed by atoms with E-state index in [4.69, 9.17) is 30.0 Å². The first-order chi connectivity index (χ1) is 13.5. The Morgan fingerprint density at radius 1 is 0.931 bits per heavy atom. The molecule has 0 heterocycles. The zero-order valence-corrected chi connectivity index (χ0v) is 17.7. The summed E-state index contributed by atoms with van der Waals surface area (Å²) >= 11 is 0. The minimum atomic E-state index is -1.14. The van der Waals surface area contributed by atoms with Crippen LogP contribution in [0.5, 0.6) is 0 Å². The van der Waals surface area contributed by atoms with Crippen LogP contribution in [0.25, 0.3) is 20.9 Å². The van der Waals surface area contributed by atoms with Gasteiger partial charge in [-0.05, 0) is 52.1 Å². The largest absolute Gasteiger partial charge is 0.463 e. The van der Waals surface area contributed by atoms with E-state index in [9.17, 15) is 9.59 Å². The number of ether oxygens (including phenoxy) is 4. The maximum absolute atomic E-state index is 12.3. The van der Waals surface area contributed by atoms with Crippen molar-refractivity contribution in [3.8, 4) is 0 Å². The van der Waals surface area contributed by atoms with Gasteiger partial charge in [-0.3, -0.25) is 9.59 Å². The maximum Gasteiger partial charge on any atom is 0.315 e. The smallest absolute Gasteiger partial charge is 0.315 e. The molecule has 0 aliphatic rings. The highest BCUT2D eigenvalue weighted by Gasteiger charge is 2.36. The van der Waals surface area contributed by atoms with Gasteiger partial charge in [-0.15, -0.1) is 0 Å². The van der Waals surface area contributed by atoms with Crippen LogP contribution < -0.4 is 0 Å². The molecule has 0 aromatic heterocycles. The molecule has 0 fully saturated rings. The summed E-state index contributed by atoms with van der Waals surface area (Å²) in [4.78, 5) is 29.8. The van der Waals surface area contributed by atoms with Crippen molar-refractivity contribution in [1.29, 1.82) is 0 Å². The number of esters is 2. The first-order valence-corrected chi connectivity index (χ1v) is 9.14. The molecular weight excluding hydrogens is 384 g/mol. The number of nitrogens with zero attached hydrogens (tertiary/aromatic N) is 6. The molecule has 1 atom stereocenters. The summed E-state index contributed by atoms with van der Waals surface area (Å²) in [6, 6.07) is -1.14. The molecule has 0 aromatic carbocycles. The van der Waals surface area contributed by atoms with E-state index in [0.29, 0.717) is 19.8 Å². The third kappa shape index (κ3) is 13.3. The fourth-order valence-corrected chi connectivity index (χ4v) is 2.03. The molecule has 0 aromatic rings. The Hall–Kier alpha value is -2.52. The fraction of sp³-hybridized carbons (Fsp3) is 0.882. The second kappa shape index (κ2) is 13.6. The first-order valence-electron chi connectivity index (χ1n) is 9.14. The molecule has 12 heteroatoms. The van der Waals surface area contributed by atoms with E-state index in [-0.39, 0.29) is 26.2 Å². The lowest BCUT2D eigenvalue weighted by atomic mass is 9.86. The third-order valence-corrected chi connectivity index (χ3v) is 3.36. The second-order valence-electron chi connectivity index (χ2n) is 7.66. The zero-order chi connectivity index (χ0) is 22.3. The summed E-state index contributed by atoms with van der Waals surface area (Å²) in [5, 5.41) is 6.79. The number of hydrogen-bond acceptors (Lipinski definition) is 8. The van der Waals surface area contributed by atoms with Crippen molar-refractivity contribution in [2.24, 2.45) is 15.6 Å². The van der Waals surface area contributed by atoms with Crippen molar-refractivity contribution in [3.05, 3.63) is 20.9 Å². The van der Waals surface area contributed by atoms with Crippen LogP contribution in [0.15, 0.2) is 10.2 Å². The first kappa shape index (κ1) is 26.5. The quantitative estimate of drug-likeness (QED) is 0.139. The van der Waals surface area contributed by atoms with Gasteiger partial charge in [0, 0.05) is 16.4 Å². The Balaban J connectivity index is 4.32. The standard InChI is InChI=1S/C17H30N6O6/c1-16(2,3)29-14(24)13(21-23-19)12-17(4,5)15(25)28-11-10-27-9-8-26-7-6-20-22-18/h13H,6-12H2,1-5H3. The molecule has 0 saturated carbocycles. The lowest BCUT2D eigenvalue weighted by Crippen LogP contribution is -2.37. The molecule has 0 radical (unpaired) electrons. The number of hydrogen-bond donors (Lipinski definition) is 0. The van der Waals surface area contributed by atoms with Crippen LogP contribution >= 0.6 is 0 Å². The van der Waals surface area contributed by atoms with Gasteiger partial charge in [-0.25, -0.2) is 0 Å². The molecule has 0 aliphatic heterocycles. The van der Waals surface area contributed by atoms with Gasteiger partial charge >= 0.3 is 11.9 Å². The molecule has 0 saturated heterocycles. The van der Waals surface area contributed by atoms with Gasteiger partial charge < -0.3 is 18.9 Å². The van der Waals surface area contributed by atoms with Crippen LogP contribution in [0.4, 0.5) is 0 Å². The summed E-state index contributed by atoms with van der Waals surface area (Å²) in [6.45, 7) is 9.67. The van der Waals surface area contributed by atoms with Gasteiger partial charge in [0.1, 0.15) is 18.2 Å². The van der Waals surface area contributed by atoms with Crippen molar-refractivity contribution in [2.45, 2.75) is 52.7 Å². The third-order valence-electron chi connectivity index (χ3n) is 3.36. The zero-order valence-electron chi connectivity index (χ0n) is 17.7. The van der Waals surface area contributed by atoms with Crippen LogP contribution in [0.2, 0.25) is 0 Å². The lowest BCUT2D eigenvalue weighted by molar-refractivity contribution is -0.160. The number of carbonyl (C=O) groups is 2. The molecule has 1 unspecified atom stereocenters. The number of carbonyl (C=O) groups excluding carboxylic acids is 2. The van der Waals surface area contributed by atoms with Gasteiger partial charge in [0.25, 0.3) is 0 Å². The SMILES string of the molecule is CC(C)(C)OC(=O)C(CC(C)(C)C(=O)OCCOCCOCCN=[N+]=[N-])N=[N+]=[N-]. The predicted octanol–water partition coefficient (Wildman–Crippen LogP) is 3.31. The Kier molecular flexibility index (Phi) is 12.4. The van der Waals surface area contributed by atoms with E-state index in [1.165, 1.54) is 0 Å². The summed E-state index contributed by atoms with van der Waals surface area (Å²) in [6.07, 6.45) is -0.0509. The second-order valence-corrected chi connectivity index (χ2v) is 7.66. The topological polar surface area (TPSA) is 169 Å². The predicted molar refractivity (Wildman–Crippen MR) is 104 cm³/mol. The minimum absolute atomic E-state index is 0.0274. The van der Waals surface area contributed by atoms with E-state index in [1.807, 2.05) is 0 Å². The summed E-state index contributed by atoms with van der Waals surface area (Å²) in [7, 11) is 0. The van der Waals surface area contributed by atoms with Crippen molar-refractivity contribution >= 4 is 11.9 Å². The van der Waals surface area contributed by atoms with Crippen molar-refractivity contribution in [2.75, 3.05) is 39.6 Å². The van der Waals surface area contributed by atoms with Gasteiger partial charge in [-0.2, -0.15) is 0 Å². The van der Waals surface area contributed by atoms with Gasteiger partial charge in [0.05, 0.1) is 31.8 Å². The van der Waals surface area contributed by atoms with Crippen LogP contribution in [0.1, 0.15) is 41.0 Å². The molecule has 0 bridgehead atoms. The van der Waals surface area contributed by atoms with E-state index in [0.717, 1.165) is 0 Å². The molecule has 0 amide bonds. The highest BCUT2D eigenvalue weighted by Crippen LogP contribution is 2.27.